The van der Waals surface area contributed by atoms with Gasteiger partial charge in [-0.2, -0.15) is 0 Å². The second-order valence-corrected chi connectivity index (χ2v) is 3.40. The molecule has 3 rings (SSSR count). The molecule has 5 heteroatoms. The maximum absolute atomic E-state index is 5.65. The molecule has 1 aliphatic rings. The second-order valence-electron chi connectivity index (χ2n) is 3.40. The van der Waals surface area contributed by atoms with Gasteiger partial charge in [-0.1, -0.05) is 23.3 Å². The van der Waals surface area contributed by atoms with Crippen LogP contribution in [0.1, 0.15) is 17.6 Å². The fraction of sp³-hybridized carbons (Fsp3) is 0.200. The van der Waals surface area contributed by atoms with E-state index in [1.165, 1.54) is 0 Å². The molecule has 5 nitrogen and oxygen atoms in total. The van der Waals surface area contributed by atoms with Crippen LogP contribution in [-0.4, -0.2) is 10.2 Å². The summed E-state index contributed by atoms with van der Waals surface area (Å²) in [6.07, 6.45) is 0.546. The number of nitrogens with zero attached hydrogens (tertiary/aromatic N) is 2. The lowest BCUT2D eigenvalue weighted by molar-refractivity contribution is 0.199. The van der Waals surface area contributed by atoms with E-state index in [0.29, 0.717) is 5.89 Å². The highest BCUT2D eigenvalue weighted by Gasteiger charge is 2.28. The quantitative estimate of drug-likeness (QED) is 0.756. The zero-order chi connectivity index (χ0) is 10.3. The summed E-state index contributed by atoms with van der Waals surface area (Å²) < 4.78 is 10.8. The van der Waals surface area contributed by atoms with Crippen molar-refractivity contribution in [2.24, 2.45) is 0 Å². The van der Waals surface area contributed by atoms with Gasteiger partial charge in [-0.15, -0.1) is 5.10 Å². The SMILES string of the molecule is Nc1nnc(C2Cc3ccccc3O2)o1. The standard InChI is InChI=1S/C10H9N3O2/c11-10-13-12-9(15-10)8-5-6-3-1-2-4-7(6)14-8/h1-4,8H,5H2,(H2,11,13). The van der Waals surface area contributed by atoms with E-state index in [0.717, 1.165) is 17.7 Å². The fourth-order valence-electron chi connectivity index (χ4n) is 1.70. The summed E-state index contributed by atoms with van der Waals surface area (Å²) in [6, 6.07) is 7.94. The minimum atomic E-state index is -0.202. The summed E-state index contributed by atoms with van der Waals surface area (Å²) in [5.74, 6) is 1.31. The third-order valence-corrected chi connectivity index (χ3v) is 2.38. The number of nitrogens with two attached hydrogens (primary N) is 1. The van der Waals surface area contributed by atoms with Crippen LogP contribution in [0.2, 0.25) is 0 Å². The predicted octanol–water partition coefficient (Wildman–Crippen LogP) is 1.33. The van der Waals surface area contributed by atoms with Crippen molar-refractivity contribution in [2.45, 2.75) is 12.5 Å². The van der Waals surface area contributed by atoms with Gasteiger partial charge in [-0.05, 0) is 11.6 Å². The number of para-hydroxylation sites is 1. The van der Waals surface area contributed by atoms with Gasteiger partial charge in [0.25, 0.3) is 5.89 Å². The van der Waals surface area contributed by atoms with Crippen LogP contribution in [0.25, 0.3) is 0 Å². The molecule has 1 aromatic carbocycles. The summed E-state index contributed by atoms with van der Waals surface area (Å²) in [7, 11) is 0. The smallest absolute Gasteiger partial charge is 0.312 e. The van der Waals surface area contributed by atoms with E-state index in [1.807, 2.05) is 24.3 Å². The molecule has 0 spiro atoms. The molecule has 0 radical (unpaired) electrons. The number of rotatable bonds is 1. The number of aromatic nitrogens is 2. The van der Waals surface area contributed by atoms with Crippen molar-refractivity contribution < 1.29 is 9.15 Å². The normalized spacial score (nSPS) is 18.5. The lowest BCUT2D eigenvalue weighted by atomic mass is 10.1. The molecular formula is C10H9N3O2. The third kappa shape index (κ3) is 1.32. The lowest BCUT2D eigenvalue weighted by Crippen LogP contribution is -2.03. The van der Waals surface area contributed by atoms with Gasteiger partial charge in [0.05, 0.1) is 0 Å². The zero-order valence-electron chi connectivity index (χ0n) is 7.88. The third-order valence-electron chi connectivity index (χ3n) is 2.38. The van der Waals surface area contributed by atoms with E-state index in [2.05, 4.69) is 10.2 Å². The Kier molecular flexibility index (Phi) is 1.65. The summed E-state index contributed by atoms with van der Waals surface area (Å²) in [5, 5.41) is 7.42. The second kappa shape index (κ2) is 2.98. The van der Waals surface area contributed by atoms with Crippen LogP contribution >= 0.6 is 0 Å². The maximum atomic E-state index is 5.65. The molecule has 0 saturated carbocycles. The molecule has 1 aromatic heterocycles. The van der Waals surface area contributed by atoms with Crippen LogP contribution in [0.4, 0.5) is 6.01 Å². The van der Waals surface area contributed by atoms with Crippen LogP contribution in [0, 0.1) is 0 Å². The monoisotopic (exact) mass is 203 g/mol. The molecule has 15 heavy (non-hydrogen) atoms. The molecule has 0 amide bonds. The van der Waals surface area contributed by atoms with Crippen molar-refractivity contribution in [3.8, 4) is 5.75 Å². The molecule has 0 fully saturated rings. The first-order valence-corrected chi connectivity index (χ1v) is 4.66. The molecule has 0 aliphatic carbocycles. The van der Waals surface area contributed by atoms with Crippen molar-refractivity contribution in [3.05, 3.63) is 35.7 Å². The molecule has 0 bridgehead atoms. The van der Waals surface area contributed by atoms with Crippen molar-refractivity contribution in [1.29, 1.82) is 0 Å². The van der Waals surface area contributed by atoms with Crippen molar-refractivity contribution in [1.82, 2.24) is 10.2 Å². The Balaban J connectivity index is 1.90. The molecule has 1 atom stereocenters. The van der Waals surface area contributed by atoms with Crippen LogP contribution in [0.15, 0.2) is 28.7 Å². The van der Waals surface area contributed by atoms with Gasteiger partial charge in [0.15, 0.2) is 6.10 Å². The van der Waals surface area contributed by atoms with E-state index >= 15 is 0 Å². The Morgan fingerprint density at radius 3 is 2.87 bits per heavy atom. The summed E-state index contributed by atoms with van der Waals surface area (Å²) in [5.41, 5.74) is 6.51. The number of anilines is 1. The van der Waals surface area contributed by atoms with Gasteiger partial charge in [-0.3, -0.25) is 0 Å². The Hall–Kier alpha value is -2.04. The van der Waals surface area contributed by atoms with Gasteiger partial charge in [0, 0.05) is 6.42 Å². The molecule has 2 heterocycles. The molecule has 1 aliphatic heterocycles. The van der Waals surface area contributed by atoms with Gasteiger partial charge >= 0.3 is 6.01 Å². The minimum Gasteiger partial charge on any atom is -0.480 e. The fourth-order valence-corrected chi connectivity index (χ4v) is 1.70. The molecule has 76 valence electrons. The minimum absolute atomic E-state index is 0.0737. The predicted molar refractivity (Wildman–Crippen MR) is 52.2 cm³/mol. The van der Waals surface area contributed by atoms with Crippen LogP contribution in [0.5, 0.6) is 5.75 Å². The van der Waals surface area contributed by atoms with E-state index < -0.39 is 0 Å². The van der Waals surface area contributed by atoms with E-state index in [1.54, 1.807) is 0 Å². The lowest BCUT2D eigenvalue weighted by Gasteiger charge is -2.03. The van der Waals surface area contributed by atoms with E-state index in [9.17, 15) is 0 Å². The molecule has 2 aromatic rings. The highest BCUT2D eigenvalue weighted by molar-refractivity contribution is 5.37. The first kappa shape index (κ1) is 8.28. The highest BCUT2D eigenvalue weighted by Crippen LogP contribution is 2.35. The number of nitrogen functional groups attached to an aromatic ring is 1. The molecule has 1 unspecified atom stereocenters. The number of hydrogen-bond acceptors (Lipinski definition) is 5. The topological polar surface area (TPSA) is 74.2 Å². The van der Waals surface area contributed by atoms with Gasteiger partial charge in [0.2, 0.25) is 0 Å². The van der Waals surface area contributed by atoms with Crippen molar-refractivity contribution in [3.63, 3.8) is 0 Å². The summed E-state index contributed by atoms with van der Waals surface area (Å²) in [6.45, 7) is 0. The number of hydrogen-bond donors (Lipinski definition) is 1. The first-order chi connectivity index (χ1) is 7.33. The van der Waals surface area contributed by atoms with Gasteiger partial charge in [0.1, 0.15) is 5.75 Å². The van der Waals surface area contributed by atoms with Crippen LogP contribution in [-0.2, 0) is 6.42 Å². The number of ether oxygens (including phenoxy) is 1. The Bertz CT molecular complexity index is 470. The molecular weight excluding hydrogens is 194 g/mol. The Labute approximate surface area is 85.9 Å². The molecule has 0 saturated heterocycles. The van der Waals surface area contributed by atoms with Crippen LogP contribution in [0.3, 0.4) is 0 Å². The average Bonchev–Trinajstić information content (AvgIpc) is 2.82. The zero-order valence-corrected chi connectivity index (χ0v) is 7.88. The Morgan fingerprint density at radius 1 is 1.27 bits per heavy atom. The Morgan fingerprint density at radius 2 is 2.13 bits per heavy atom. The molecule has 2 N–H and O–H groups in total. The highest BCUT2D eigenvalue weighted by atomic mass is 16.5. The van der Waals surface area contributed by atoms with Gasteiger partial charge in [-0.25, -0.2) is 0 Å². The average molecular weight is 203 g/mol. The summed E-state index contributed by atoms with van der Waals surface area (Å²) in [4.78, 5) is 0. The van der Waals surface area contributed by atoms with E-state index in [-0.39, 0.29) is 12.1 Å². The van der Waals surface area contributed by atoms with Crippen molar-refractivity contribution in [2.75, 3.05) is 5.73 Å². The first-order valence-electron chi connectivity index (χ1n) is 4.66. The van der Waals surface area contributed by atoms with E-state index in [4.69, 9.17) is 14.9 Å². The summed E-state index contributed by atoms with van der Waals surface area (Å²) >= 11 is 0. The van der Waals surface area contributed by atoms with Gasteiger partial charge < -0.3 is 14.9 Å². The number of benzene rings is 1. The van der Waals surface area contributed by atoms with Crippen LogP contribution < -0.4 is 10.5 Å². The largest absolute Gasteiger partial charge is 0.480 e. The number of fused-ring (bicyclic) bond motifs is 1. The van der Waals surface area contributed by atoms with Crippen molar-refractivity contribution >= 4 is 6.01 Å². The maximum Gasteiger partial charge on any atom is 0.312 e.